The average molecular weight is 335 g/mol. The van der Waals surface area contributed by atoms with E-state index >= 15 is 0 Å². The van der Waals surface area contributed by atoms with Gasteiger partial charge in [0.05, 0.1) is 4.47 Å². The van der Waals surface area contributed by atoms with Gasteiger partial charge < -0.3 is 10.1 Å². The van der Waals surface area contributed by atoms with E-state index in [4.69, 9.17) is 16.3 Å². The van der Waals surface area contributed by atoms with Crippen LogP contribution in [-0.4, -0.2) is 19.7 Å². The van der Waals surface area contributed by atoms with E-state index in [1.807, 2.05) is 18.2 Å². The summed E-state index contributed by atoms with van der Waals surface area (Å²) in [5.41, 5.74) is 0. The summed E-state index contributed by atoms with van der Waals surface area (Å²) in [6, 6.07) is 5.56. The molecule has 0 aromatic heterocycles. The van der Waals surface area contributed by atoms with Gasteiger partial charge in [0.1, 0.15) is 12.4 Å². The Kier molecular flexibility index (Phi) is 8.47. The SMILES string of the molecule is CCCCCCNCCOc1ccc(Cl)cc1Br. The number of hydrogen-bond acceptors (Lipinski definition) is 2. The van der Waals surface area contributed by atoms with Gasteiger partial charge in [0.2, 0.25) is 0 Å². The number of rotatable bonds is 9. The van der Waals surface area contributed by atoms with Crippen LogP contribution in [0.1, 0.15) is 32.6 Å². The zero-order valence-electron chi connectivity index (χ0n) is 10.8. The Morgan fingerprint density at radius 1 is 1.22 bits per heavy atom. The first-order valence-electron chi connectivity index (χ1n) is 6.52. The van der Waals surface area contributed by atoms with Crippen LogP contribution in [0.3, 0.4) is 0 Å². The van der Waals surface area contributed by atoms with Crippen LogP contribution in [0.2, 0.25) is 5.02 Å². The molecule has 2 nitrogen and oxygen atoms in total. The summed E-state index contributed by atoms with van der Waals surface area (Å²) in [6.07, 6.45) is 5.18. The molecular formula is C14H21BrClNO. The summed E-state index contributed by atoms with van der Waals surface area (Å²) in [7, 11) is 0. The summed E-state index contributed by atoms with van der Waals surface area (Å²) in [4.78, 5) is 0. The van der Waals surface area contributed by atoms with E-state index in [9.17, 15) is 0 Å². The molecule has 0 unspecified atom stereocenters. The second-order valence-electron chi connectivity index (χ2n) is 4.23. The summed E-state index contributed by atoms with van der Waals surface area (Å²) < 4.78 is 6.55. The molecule has 0 saturated carbocycles. The summed E-state index contributed by atoms with van der Waals surface area (Å²) in [5.74, 6) is 0.840. The van der Waals surface area contributed by atoms with Crippen LogP contribution in [0.25, 0.3) is 0 Å². The highest BCUT2D eigenvalue weighted by molar-refractivity contribution is 9.10. The lowest BCUT2D eigenvalue weighted by Gasteiger charge is -2.09. The molecule has 1 rings (SSSR count). The normalized spacial score (nSPS) is 10.6. The van der Waals surface area contributed by atoms with E-state index < -0.39 is 0 Å². The second-order valence-corrected chi connectivity index (χ2v) is 5.52. The van der Waals surface area contributed by atoms with Gasteiger partial charge in [-0.1, -0.05) is 37.8 Å². The van der Waals surface area contributed by atoms with Crippen molar-refractivity contribution < 1.29 is 4.74 Å². The predicted octanol–water partition coefficient (Wildman–Crippen LogP) is 4.65. The Morgan fingerprint density at radius 3 is 2.78 bits per heavy atom. The maximum atomic E-state index is 5.86. The van der Waals surface area contributed by atoms with Crippen molar-refractivity contribution >= 4 is 27.5 Å². The van der Waals surface area contributed by atoms with Gasteiger partial charge in [-0.25, -0.2) is 0 Å². The van der Waals surface area contributed by atoms with Crippen LogP contribution < -0.4 is 10.1 Å². The largest absolute Gasteiger partial charge is 0.491 e. The van der Waals surface area contributed by atoms with Crippen molar-refractivity contribution in [2.45, 2.75) is 32.6 Å². The van der Waals surface area contributed by atoms with Gasteiger partial charge in [0.15, 0.2) is 0 Å². The van der Waals surface area contributed by atoms with Gasteiger partial charge in [0.25, 0.3) is 0 Å². The molecule has 0 aliphatic heterocycles. The molecule has 0 radical (unpaired) electrons. The fourth-order valence-corrected chi connectivity index (χ4v) is 2.42. The van der Waals surface area contributed by atoms with E-state index in [0.29, 0.717) is 11.6 Å². The Bertz CT molecular complexity index is 347. The molecule has 0 aliphatic carbocycles. The second kappa shape index (κ2) is 9.65. The molecule has 1 aromatic carbocycles. The van der Waals surface area contributed by atoms with Crippen molar-refractivity contribution in [2.24, 2.45) is 0 Å². The van der Waals surface area contributed by atoms with Crippen LogP contribution in [0, 0.1) is 0 Å². The highest BCUT2D eigenvalue weighted by Gasteiger charge is 2.01. The van der Waals surface area contributed by atoms with Gasteiger partial charge in [-0.05, 0) is 47.1 Å². The number of nitrogens with one attached hydrogen (secondary N) is 1. The van der Waals surface area contributed by atoms with E-state index in [0.717, 1.165) is 23.3 Å². The minimum absolute atomic E-state index is 0.675. The molecule has 0 saturated heterocycles. The quantitative estimate of drug-likeness (QED) is 0.664. The lowest BCUT2D eigenvalue weighted by Crippen LogP contribution is -2.22. The topological polar surface area (TPSA) is 21.3 Å². The third kappa shape index (κ3) is 6.62. The van der Waals surface area contributed by atoms with Crippen molar-refractivity contribution in [1.82, 2.24) is 5.32 Å². The molecule has 0 fully saturated rings. The molecule has 0 bridgehead atoms. The lowest BCUT2D eigenvalue weighted by molar-refractivity contribution is 0.311. The Hall–Kier alpha value is -0.250. The van der Waals surface area contributed by atoms with E-state index in [-0.39, 0.29) is 0 Å². The fraction of sp³-hybridized carbons (Fsp3) is 0.571. The monoisotopic (exact) mass is 333 g/mol. The Morgan fingerprint density at radius 2 is 2.06 bits per heavy atom. The van der Waals surface area contributed by atoms with Gasteiger partial charge in [0, 0.05) is 11.6 Å². The minimum atomic E-state index is 0.675. The maximum Gasteiger partial charge on any atom is 0.133 e. The minimum Gasteiger partial charge on any atom is -0.491 e. The molecule has 0 spiro atoms. The van der Waals surface area contributed by atoms with Gasteiger partial charge in [-0.15, -0.1) is 0 Å². The molecule has 0 amide bonds. The average Bonchev–Trinajstić information content (AvgIpc) is 2.35. The molecule has 1 aromatic rings. The van der Waals surface area contributed by atoms with Crippen LogP contribution >= 0.6 is 27.5 Å². The van der Waals surface area contributed by atoms with E-state index in [1.165, 1.54) is 25.7 Å². The molecular weight excluding hydrogens is 314 g/mol. The maximum absolute atomic E-state index is 5.86. The predicted molar refractivity (Wildman–Crippen MR) is 81.7 cm³/mol. The number of hydrogen-bond donors (Lipinski definition) is 1. The molecule has 0 heterocycles. The van der Waals surface area contributed by atoms with Crippen molar-refractivity contribution in [3.05, 3.63) is 27.7 Å². The molecule has 1 N–H and O–H groups in total. The van der Waals surface area contributed by atoms with Crippen molar-refractivity contribution in [3.8, 4) is 5.75 Å². The zero-order valence-corrected chi connectivity index (χ0v) is 13.2. The molecule has 4 heteroatoms. The molecule has 0 aliphatic rings. The highest BCUT2D eigenvalue weighted by atomic mass is 79.9. The van der Waals surface area contributed by atoms with Crippen LogP contribution in [-0.2, 0) is 0 Å². The van der Waals surface area contributed by atoms with Crippen LogP contribution in [0.4, 0.5) is 0 Å². The smallest absolute Gasteiger partial charge is 0.133 e. The highest BCUT2D eigenvalue weighted by Crippen LogP contribution is 2.27. The first-order valence-corrected chi connectivity index (χ1v) is 7.69. The number of unbranched alkanes of at least 4 members (excludes halogenated alkanes) is 3. The summed E-state index contributed by atoms with van der Waals surface area (Å²) in [5, 5.41) is 4.09. The van der Waals surface area contributed by atoms with Crippen LogP contribution in [0.15, 0.2) is 22.7 Å². The van der Waals surface area contributed by atoms with Gasteiger partial charge in [-0.2, -0.15) is 0 Å². The standard InChI is InChI=1S/C14H21BrClNO/c1-2-3-4-5-8-17-9-10-18-14-7-6-12(16)11-13(14)15/h6-7,11,17H,2-5,8-10H2,1H3. The van der Waals surface area contributed by atoms with E-state index in [1.54, 1.807) is 0 Å². The fourth-order valence-electron chi connectivity index (χ4n) is 1.63. The Labute approximate surface area is 123 Å². The van der Waals surface area contributed by atoms with Crippen molar-refractivity contribution in [3.63, 3.8) is 0 Å². The summed E-state index contributed by atoms with van der Waals surface area (Å²) in [6.45, 7) is 4.85. The van der Waals surface area contributed by atoms with Crippen molar-refractivity contribution in [2.75, 3.05) is 19.7 Å². The van der Waals surface area contributed by atoms with Crippen LogP contribution in [0.5, 0.6) is 5.75 Å². The first-order chi connectivity index (χ1) is 8.74. The third-order valence-corrected chi connectivity index (χ3v) is 3.49. The van der Waals surface area contributed by atoms with E-state index in [2.05, 4.69) is 28.2 Å². The van der Waals surface area contributed by atoms with Crippen molar-refractivity contribution in [1.29, 1.82) is 0 Å². The van der Waals surface area contributed by atoms with Gasteiger partial charge in [-0.3, -0.25) is 0 Å². The lowest BCUT2D eigenvalue weighted by atomic mass is 10.2. The first kappa shape index (κ1) is 15.8. The summed E-state index contributed by atoms with van der Waals surface area (Å²) >= 11 is 9.29. The van der Waals surface area contributed by atoms with Gasteiger partial charge >= 0.3 is 0 Å². The number of benzene rings is 1. The Balaban J connectivity index is 2.07. The molecule has 0 atom stereocenters. The third-order valence-electron chi connectivity index (χ3n) is 2.64. The number of halogens is 2. The zero-order chi connectivity index (χ0) is 13.2. The molecule has 18 heavy (non-hydrogen) atoms. The number of ether oxygens (including phenoxy) is 1. The molecule has 102 valence electrons.